The minimum atomic E-state index is -2.10. The molecule has 0 aliphatic heterocycles. The highest BCUT2D eigenvalue weighted by molar-refractivity contribution is 7.39. The molecule has 0 fully saturated rings. The first-order valence-corrected chi connectivity index (χ1v) is 6.40. The van der Waals surface area contributed by atoms with E-state index in [2.05, 4.69) is 42.9 Å². The Hall–Kier alpha value is 0.230. The summed E-state index contributed by atoms with van der Waals surface area (Å²) in [5.41, 5.74) is 0. The second-order valence-electron chi connectivity index (χ2n) is 2.35. The van der Waals surface area contributed by atoms with E-state index in [9.17, 15) is 0 Å². The van der Waals surface area contributed by atoms with Gasteiger partial charge in [0.1, 0.15) is 0 Å². The summed E-state index contributed by atoms with van der Waals surface area (Å²) in [6.07, 6.45) is 0. The van der Waals surface area contributed by atoms with Crippen LogP contribution in [0.1, 0.15) is 27.7 Å². The van der Waals surface area contributed by atoms with Crippen molar-refractivity contribution in [1.82, 2.24) is 10.6 Å². The van der Waals surface area contributed by atoms with Gasteiger partial charge in [-0.1, -0.05) is 27.7 Å². The summed E-state index contributed by atoms with van der Waals surface area (Å²) in [7, 11) is -0.870. The van der Waals surface area contributed by atoms with E-state index >= 15 is 0 Å². The standard InChI is InChI=1S/2C4H11N.CH5O3P/c2*1-3-5-4-2;1-4-5(2)3/h2*5H,3-4H2,1-2H3;2-3H,1H3. The van der Waals surface area contributed by atoms with E-state index in [1.807, 2.05) is 0 Å². The van der Waals surface area contributed by atoms with Crippen molar-refractivity contribution in [1.29, 1.82) is 0 Å². The van der Waals surface area contributed by atoms with Gasteiger partial charge in [-0.2, -0.15) is 0 Å². The maximum Gasteiger partial charge on any atom is 0.326 e. The third-order valence-corrected chi connectivity index (χ3v) is 1.49. The van der Waals surface area contributed by atoms with Gasteiger partial charge in [0.2, 0.25) is 0 Å². The number of nitrogens with one attached hydrogen (secondary N) is 2. The van der Waals surface area contributed by atoms with Crippen molar-refractivity contribution >= 4 is 8.60 Å². The van der Waals surface area contributed by atoms with Crippen molar-refractivity contribution in [2.75, 3.05) is 33.3 Å². The Morgan fingerprint density at radius 1 is 0.867 bits per heavy atom. The van der Waals surface area contributed by atoms with Gasteiger partial charge in [0.15, 0.2) is 0 Å². The van der Waals surface area contributed by atoms with Gasteiger partial charge in [-0.05, 0) is 26.2 Å². The van der Waals surface area contributed by atoms with E-state index in [-0.39, 0.29) is 0 Å². The third kappa shape index (κ3) is 54.8. The Bertz CT molecular complexity index is 77.8. The molecule has 96 valence electrons. The molecule has 0 unspecified atom stereocenters. The Kier molecular flexibility index (Phi) is 32.7. The zero-order valence-electron chi connectivity index (χ0n) is 10.6. The van der Waals surface area contributed by atoms with Crippen LogP contribution in [-0.4, -0.2) is 43.1 Å². The Balaban J connectivity index is -0.000000144. The number of rotatable bonds is 5. The minimum absolute atomic E-state index is 1.09. The largest absolute Gasteiger partial charge is 0.328 e. The monoisotopic (exact) mass is 242 g/mol. The zero-order chi connectivity index (χ0) is 12.5. The summed E-state index contributed by atoms with van der Waals surface area (Å²) >= 11 is 0. The molecule has 0 aromatic rings. The van der Waals surface area contributed by atoms with Crippen molar-refractivity contribution in [3.05, 3.63) is 0 Å². The maximum absolute atomic E-state index is 7.76. The lowest BCUT2D eigenvalue weighted by atomic mass is 10.7. The maximum atomic E-state index is 7.76. The quantitative estimate of drug-likeness (QED) is 0.543. The molecule has 0 saturated heterocycles. The van der Waals surface area contributed by atoms with Crippen LogP contribution in [0.25, 0.3) is 0 Å². The molecule has 0 rings (SSSR count). The van der Waals surface area contributed by atoms with Crippen molar-refractivity contribution in [2.24, 2.45) is 0 Å². The second-order valence-corrected chi connectivity index (χ2v) is 3.22. The fraction of sp³-hybridized carbons (Fsp3) is 1.00. The van der Waals surface area contributed by atoms with Crippen LogP contribution < -0.4 is 10.6 Å². The lowest BCUT2D eigenvalue weighted by Crippen LogP contribution is -2.09. The van der Waals surface area contributed by atoms with Crippen LogP contribution in [0.2, 0.25) is 0 Å². The van der Waals surface area contributed by atoms with Gasteiger partial charge < -0.3 is 24.9 Å². The van der Waals surface area contributed by atoms with Gasteiger partial charge in [0.25, 0.3) is 0 Å². The highest BCUT2D eigenvalue weighted by Crippen LogP contribution is 2.20. The summed E-state index contributed by atoms with van der Waals surface area (Å²) in [6.45, 7) is 12.8. The van der Waals surface area contributed by atoms with Gasteiger partial charge in [0.05, 0.1) is 0 Å². The normalized spacial score (nSPS) is 8.80. The lowest BCUT2D eigenvalue weighted by molar-refractivity contribution is 0.310. The Morgan fingerprint density at radius 2 is 1.07 bits per heavy atom. The van der Waals surface area contributed by atoms with Crippen LogP contribution in [0.15, 0.2) is 0 Å². The van der Waals surface area contributed by atoms with E-state index in [1.54, 1.807) is 0 Å². The summed E-state index contributed by atoms with van der Waals surface area (Å²) in [6, 6.07) is 0. The predicted molar refractivity (Wildman–Crippen MR) is 66.8 cm³/mol. The predicted octanol–water partition coefficient (Wildman–Crippen LogP) is 1.08. The van der Waals surface area contributed by atoms with Gasteiger partial charge in [-0.25, -0.2) is 0 Å². The first-order chi connectivity index (χ1) is 7.10. The summed E-state index contributed by atoms with van der Waals surface area (Å²) in [4.78, 5) is 15.5. The molecule has 5 nitrogen and oxygen atoms in total. The van der Waals surface area contributed by atoms with Gasteiger partial charge in [-0.15, -0.1) is 0 Å². The summed E-state index contributed by atoms with van der Waals surface area (Å²) in [5, 5.41) is 6.22. The third-order valence-electron chi connectivity index (χ3n) is 1.16. The van der Waals surface area contributed by atoms with Crippen molar-refractivity contribution in [2.45, 2.75) is 27.7 Å². The fourth-order valence-corrected chi connectivity index (χ4v) is 0.500. The molecule has 0 atom stereocenters. The molecule has 15 heavy (non-hydrogen) atoms. The Morgan fingerprint density at radius 3 is 1.07 bits per heavy atom. The molecule has 0 aromatic heterocycles. The van der Waals surface area contributed by atoms with Gasteiger partial charge in [-0.3, -0.25) is 0 Å². The number of hydrogen-bond acceptors (Lipinski definition) is 5. The molecule has 0 spiro atoms. The van der Waals surface area contributed by atoms with Crippen LogP contribution in [0.5, 0.6) is 0 Å². The summed E-state index contributed by atoms with van der Waals surface area (Å²) in [5.74, 6) is 0. The molecule has 6 heteroatoms. The molecule has 0 aliphatic carbocycles. The van der Waals surface area contributed by atoms with Crippen molar-refractivity contribution in [3.8, 4) is 0 Å². The fourth-order valence-electron chi connectivity index (χ4n) is 0.500. The number of hydrogen-bond donors (Lipinski definition) is 4. The molecule has 0 amide bonds. The second kappa shape index (κ2) is 23.8. The van der Waals surface area contributed by atoms with E-state index in [0.717, 1.165) is 26.2 Å². The lowest BCUT2D eigenvalue weighted by Gasteiger charge is -1.89. The molecular formula is C9H27N2O3P. The van der Waals surface area contributed by atoms with E-state index in [4.69, 9.17) is 9.79 Å². The smallest absolute Gasteiger partial charge is 0.326 e. The summed E-state index contributed by atoms with van der Waals surface area (Å²) < 4.78 is 3.93. The molecule has 0 bridgehead atoms. The average Bonchev–Trinajstić information content (AvgIpc) is 2.22. The SMILES string of the molecule is CCNCC.CCNCC.COP(O)O. The highest BCUT2D eigenvalue weighted by Gasteiger charge is 1.86. The first kappa shape index (κ1) is 20.6. The molecule has 4 N–H and O–H groups in total. The van der Waals surface area contributed by atoms with Crippen molar-refractivity contribution in [3.63, 3.8) is 0 Å². The van der Waals surface area contributed by atoms with Gasteiger partial charge >= 0.3 is 8.60 Å². The van der Waals surface area contributed by atoms with Crippen LogP contribution >= 0.6 is 8.60 Å². The first-order valence-electron chi connectivity index (χ1n) is 5.23. The molecule has 0 aromatic carbocycles. The van der Waals surface area contributed by atoms with Crippen LogP contribution in [0.4, 0.5) is 0 Å². The van der Waals surface area contributed by atoms with E-state index < -0.39 is 8.60 Å². The molecular weight excluding hydrogens is 215 g/mol. The van der Waals surface area contributed by atoms with Crippen molar-refractivity contribution < 1.29 is 14.3 Å². The molecule has 0 aliphatic rings. The van der Waals surface area contributed by atoms with E-state index in [1.165, 1.54) is 7.11 Å². The topological polar surface area (TPSA) is 73.8 Å². The zero-order valence-corrected chi connectivity index (χ0v) is 11.5. The van der Waals surface area contributed by atoms with Crippen LogP contribution in [0, 0.1) is 0 Å². The van der Waals surface area contributed by atoms with E-state index in [0.29, 0.717) is 0 Å². The minimum Gasteiger partial charge on any atom is -0.328 e. The highest BCUT2D eigenvalue weighted by atomic mass is 31.2. The average molecular weight is 242 g/mol. The molecule has 0 heterocycles. The molecule has 0 saturated carbocycles. The van der Waals surface area contributed by atoms with Gasteiger partial charge in [0, 0.05) is 7.11 Å². The van der Waals surface area contributed by atoms with Crippen LogP contribution in [-0.2, 0) is 4.52 Å². The Labute approximate surface area is 95.2 Å². The molecule has 0 radical (unpaired) electrons. The van der Waals surface area contributed by atoms with Crippen LogP contribution in [0.3, 0.4) is 0 Å².